The molecular weight excluding hydrogens is 298 g/mol. The zero-order chi connectivity index (χ0) is 16.9. The van der Waals surface area contributed by atoms with Crippen LogP contribution in [-0.2, 0) is 4.79 Å². The van der Waals surface area contributed by atoms with Crippen LogP contribution in [0, 0.1) is 11.8 Å². The second kappa shape index (κ2) is 8.66. The number of hydrogen-bond donors (Lipinski definition) is 2. The Morgan fingerprint density at radius 1 is 1.12 bits per heavy atom. The van der Waals surface area contributed by atoms with Gasteiger partial charge in [0.1, 0.15) is 0 Å². The molecule has 4 heteroatoms. The van der Waals surface area contributed by atoms with Gasteiger partial charge in [0.25, 0.3) is 0 Å². The van der Waals surface area contributed by atoms with E-state index in [0.717, 1.165) is 13.0 Å². The molecule has 3 aliphatic heterocycles. The molecule has 2 N–H and O–H groups in total. The predicted molar refractivity (Wildman–Crippen MR) is 99.0 cm³/mol. The van der Waals surface area contributed by atoms with Crippen LogP contribution in [0.3, 0.4) is 0 Å². The first-order chi connectivity index (χ1) is 11.7. The number of fused-ring (bicyclic) bond motifs is 2. The van der Waals surface area contributed by atoms with E-state index in [1.807, 2.05) is 0 Å². The van der Waals surface area contributed by atoms with E-state index < -0.39 is 0 Å². The fourth-order valence-corrected chi connectivity index (χ4v) is 5.39. The normalized spacial score (nSPS) is 31.5. The van der Waals surface area contributed by atoms with Gasteiger partial charge in [0.05, 0.1) is 0 Å². The Morgan fingerprint density at radius 3 is 2.33 bits per heavy atom. The Bertz CT molecular complexity index is 390. The van der Waals surface area contributed by atoms with Crippen LogP contribution in [0.4, 0.5) is 0 Å². The molecule has 4 nitrogen and oxygen atoms in total. The molecule has 2 bridgehead atoms. The lowest BCUT2D eigenvalue weighted by Crippen LogP contribution is -2.47. The summed E-state index contributed by atoms with van der Waals surface area (Å²) >= 11 is 0. The van der Waals surface area contributed by atoms with E-state index in [1.165, 1.54) is 64.5 Å². The number of carbonyl (C=O) groups excluding carboxylic acids is 1. The van der Waals surface area contributed by atoms with Gasteiger partial charge in [0.2, 0.25) is 5.91 Å². The van der Waals surface area contributed by atoms with Crippen LogP contribution in [-0.4, -0.2) is 48.6 Å². The summed E-state index contributed by atoms with van der Waals surface area (Å²) in [6.45, 7) is 7.88. The topological polar surface area (TPSA) is 44.4 Å². The van der Waals surface area contributed by atoms with Crippen molar-refractivity contribution in [2.75, 3.05) is 19.6 Å². The molecule has 0 aliphatic carbocycles. The number of hydrogen-bond acceptors (Lipinski definition) is 3. The first kappa shape index (κ1) is 18.2. The van der Waals surface area contributed by atoms with Crippen molar-refractivity contribution in [2.45, 2.75) is 89.8 Å². The summed E-state index contributed by atoms with van der Waals surface area (Å²) in [7, 11) is 0. The van der Waals surface area contributed by atoms with E-state index in [4.69, 9.17) is 0 Å². The van der Waals surface area contributed by atoms with Crippen molar-refractivity contribution in [1.29, 1.82) is 0 Å². The number of carbonyl (C=O) groups is 1. The highest BCUT2D eigenvalue weighted by Crippen LogP contribution is 2.32. The van der Waals surface area contributed by atoms with E-state index in [0.29, 0.717) is 30.0 Å². The lowest BCUT2D eigenvalue weighted by Gasteiger charge is -2.34. The molecule has 3 rings (SSSR count). The van der Waals surface area contributed by atoms with Gasteiger partial charge in [-0.25, -0.2) is 0 Å². The second-order valence-corrected chi connectivity index (χ2v) is 8.37. The average Bonchev–Trinajstić information content (AvgIpc) is 3.21. The number of nitrogens with one attached hydrogen (secondary N) is 2. The van der Waals surface area contributed by atoms with Crippen molar-refractivity contribution < 1.29 is 4.79 Å². The SMILES string of the molecule is CCC(CC)C(CNC(=O)CC1CC2CCC(C1)N2)N1CCCC1. The first-order valence-corrected chi connectivity index (χ1v) is 10.5. The third-order valence-corrected chi connectivity index (χ3v) is 6.76. The van der Waals surface area contributed by atoms with Crippen LogP contribution >= 0.6 is 0 Å². The summed E-state index contributed by atoms with van der Waals surface area (Å²) in [5.41, 5.74) is 0. The molecule has 0 aromatic carbocycles. The number of rotatable bonds is 8. The van der Waals surface area contributed by atoms with Gasteiger partial charge in [0, 0.05) is 31.1 Å². The summed E-state index contributed by atoms with van der Waals surface area (Å²) in [6, 6.07) is 1.91. The molecule has 3 heterocycles. The monoisotopic (exact) mass is 335 g/mol. The number of piperidine rings is 1. The summed E-state index contributed by atoms with van der Waals surface area (Å²) in [4.78, 5) is 15.1. The van der Waals surface area contributed by atoms with Crippen molar-refractivity contribution in [2.24, 2.45) is 11.8 Å². The van der Waals surface area contributed by atoms with Crippen LogP contribution in [0.15, 0.2) is 0 Å². The van der Waals surface area contributed by atoms with Crippen molar-refractivity contribution >= 4 is 5.91 Å². The Morgan fingerprint density at radius 2 is 1.75 bits per heavy atom. The average molecular weight is 336 g/mol. The smallest absolute Gasteiger partial charge is 0.220 e. The third kappa shape index (κ3) is 4.51. The predicted octanol–water partition coefficient (Wildman–Crippen LogP) is 2.92. The van der Waals surface area contributed by atoms with Gasteiger partial charge < -0.3 is 10.6 Å². The van der Waals surface area contributed by atoms with Gasteiger partial charge in [-0.05, 0) is 63.5 Å². The molecule has 1 amide bonds. The lowest BCUT2D eigenvalue weighted by atomic mass is 9.89. The number of nitrogens with zero attached hydrogens (tertiary/aromatic N) is 1. The highest BCUT2D eigenvalue weighted by Gasteiger charge is 2.34. The maximum atomic E-state index is 12.5. The Kier molecular flexibility index (Phi) is 6.56. The molecule has 0 aromatic rings. The minimum absolute atomic E-state index is 0.288. The molecule has 3 aliphatic rings. The van der Waals surface area contributed by atoms with Crippen molar-refractivity contribution in [3.63, 3.8) is 0 Å². The van der Waals surface area contributed by atoms with Crippen LogP contribution in [0.25, 0.3) is 0 Å². The van der Waals surface area contributed by atoms with Gasteiger partial charge in [-0.1, -0.05) is 26.7 Å². The van der Waals surface area contributed by atoms with Gasteiger partial charge >= 0.3 is 0 Å². The summed E-state index contributed by atoms with van der Waals surface area (Å²) in [6.07, 6.45) is 10.8. The van der Waals surface area contributed by atoms with Crippen LogP contribution in [0.2, 0.25) is 0 Å². The standard InChI is InChI=1S/C20H37N3O/c1-3-16(4-2)19(23-9-5-6-10-23)14-21-20(24)13-15-11-17-7-8-18(12-15)22-17/h15-19,22H,3-14H2,1-2H3,(H,21,24). The molecule has 138 valence electrons. The molecule has 3 saturated heterocycles. The number of likely N-dealkylation sites (tertiary alicyclic amines) is 1. The molecule has 3 atom stereocenters. The molecule has 3 fully saturated rings. The maximum absolute atomic E-state index is 12.5. The van der Waals surface area contributed by atoms with Gasteiger partial charge in [-0.3, -0.25) is 9.69 Å². The molecular formula is C20H37N3O. The third-order valence-electron chi connectivity index (χ3n) is 6.76. The zero-order valence-electron chi connectivity index (χ0n) is 15.7. The Hall–Kier alpha value is -0.610. The van der Waals surface area contributed by atoms with Crippen molar-refractivity contribution in [3.05, 3.63) is 0 Å². The van der Waals surface area contributed by atoms with Crippen molar-refractivity contribution in [1.82, 2.24) is 15.5 Å². The van der Waals surface area contributed by atoms with Gasteiger partial charge in [-0.2, -0.15) is 0 Å². The summed E-state index contributed by atoms with van der Waals surface area (Å²) in [5, 5.41) is 6.98. The maximum Gasteiger partial charge on any atom is 0.220 e. The lowest BCUT2D eigenvalue weighted by molar-refractivity contribution is -0.122. The summed E-state index contributed by atoms with van der Waals surface area (Å²) in [5.74, 6) is 1.59. The largest absolute Gasteiger partial charge is 0.355 e. The first-order valence-electron chi connectivity index (χ1n) is 10.5. The van der Waals surface area contributed by atoms with E-state index >= 15 is 0 Å². The highest BCUT2D eigenvalue weighted by atomic mass is 16.1. The zero-order valence-corrected chi connectivity index (χ0v) is 15.7. The highest BCUT2D eigenvalue weighted by molar-refractivity contribution is 5.76. The minimum atomic E-state index is 0.288. The molecule has 0 spiro atoms. The van der Waals surface area contributed by atoms with Crippen LogP contribution in [0.1, 0.15) is 71.6 Å². The molecule has 0 saturated carbocycles. The summed E-state index contributed by atoms with van der Waals surface area (Å²) < 4.78 is 0. The fourth-order valence-electron chi connectivity index (χ4n) is 5.39. The number of amides is 1. The fraction of sp³-hybridized carbons (Fsp3) is 0.950. The molecule has 3 unspecified atom stereocenters. The van der Waals surface area contributed by atoms with Crippen molar-refractivity contribution in [3.8, 4) is 0 Å². The van der Waals surface area contributed by atoms with Gasteiger partial charge in [0.15, 0.2) is 0 Å². The molecule has 0 aromatic heterocycles. The Labute approximate surface area is 148 Å². The van der Waals surface area contributed by atoms with E-state index in [1.54, 1.807) is 0 Å². The van der Waals surface area contributed by atoms with Crippen LogP contribution < -0.4 is 10.6 Å². The quantitative estimate of drug-likeness (QED) is 0.717. The van der Waals surface area contributed by atoms with E-state index in [-0.39, 0.29) is 5.91 Å². The van der Waals surface area contributed by atoms with E-state index in [2.05, 4.69) is 29.4 Å². The molecule has 0 radical (unpaired) electrons. The Balaban J connectivity index is 1.47. The second-order valence-electron chi connectivity index (χ2n) is 8.37. The molecule has 24 heavy (non-hydrogen) atoms. The minimum Gasteiger partial charge on any atom is -0.355 e. The van der Waals surface area contributed by atoms with Crippen LogP contribution in [0.5, 0.6) is 0 Å². The van der Waals surface area contributed by atoms with Gasteiger partial charge in [-0.15, -0.1) is 0 Å². The van der Waals surface area contributed by atoms with E-state index in [9.17, 15) is 4.79 Å².